The van der Waals surface area contributed by atoms with Crippen LogP contribution in [0.1, 0.15) is 37.4 Å². The Bertz CT molecular complexity index is 495. The van der Waals surface area contributed by atoms with Gasteiger partial charge in [-0.05, 0) is 25.0 Å². The Kier molecular flexibility index (Phi) is 2.31. The fourth-order valence-electron chi connectivity index (χ4n) is 2.74. The van der Waals surface area contributed by atoms with Crippen LogP contribution in [0, 0.1) is 0 Å². The molecule has 0 radical (unpaired) electrons. The second kappa shape index (κ2) is 3.81. The fourth-order valence-corrected chi connectivity index (χ4v) is 2.74. The molecule has 2 aromatic heterocycles. The molecular weight excluding hydrogens is 198 g/mol. The average molecular weight is 215 g/mol. The Balaban J connectivity index is 2.12. The number of pyridine rings is 1. The molecule has 2 heterocycles. The molecule has 3 heteroatoms. The molecule has 0 amide bonds. The summed E-state index contributed by atoms with van der Waals surface area (Å²) in [5.41, 5.74) is 2.34. The van der Waals surface area contributed by atoms with E-state index in [1.165, 1.54) is 37.0 Å². The topological polar surface area (TPSA) is 29.3 Å². The summed E-state index contributed by atoms with van der Waals surface area (Å²) in [6.45, 7) is 0. The summed E-state index contributed by atoms with van der Waals surface area (Å²) >= 11 is 0. The van der Waals surface area contributed by atoms with Crippen molar-refractivity contribution in [2.45, 2.75) is 31.6 Å². The molecule has 0 bridgehead atoms. The van der Waals surface area contributed by atoms with Gasteiger partial charge in [0.25, 0.3) is 0 Å². The normalized spacial score (nSPS) is 17.1. The highest BCUT2D eigenvalue weighted by molar-refractivity contribution is 5.71. The van der Waals surface area contributed by atoms with E-state index in [4.69, 9.17) is 0 Å². The molecule has 3 nitrogen and oxygen atoms in total. The summed E-state index contributed by atoms with van der Waals surface area (Å²) in [5.74, 6) is 1.90. The van der Waals surface area contributed by atoms with Crippen molar-refractivity contribution in [1.29, 1.82) is 0 Å². The first-order valence-corrected chi connectivity index (χ1v) is 6.04. The monoisotopic (exact) mass is 215 g/mol. The maximum atomic E-state index is 4.61. The molecule has 0 aromatic carbocycles. The van der Waals surface area contributed by atoms with Gasteiger partial charge in [0.05, 0.1) is 17.4 Å². The lowest BCUT2D eigenvalue weighted by atomic mass is 10.1. The molecule has 0 atom stereocenters. The number of nitrogens with zero attached hydrogens (tertiary/aromatic N) is 2. The van der Waals surface area contributed by atoms with E-state index in [9.17, 15) is 0 Å². The summed E-state index contributed by atoms with van der Waals surface area (Å²) in [7, 11) is 1.96. The van der Waals surface area contributed by atoms with Crippen LogP contribution in [0.25, 0.3) is 5.52 Å². The molecule has 1 aliphatic carbocycles. The lowest BCUT2D eigenvalue weighted by Gasteiger charge is -2.09. The molecule has 1 saturated carbocycles. The van der Waals surface area contributed by atoms with Gasteiger partial charge < -0.3 is 9.72 Å². The first-order chi connectivity index (χ1) is 7.90. The molecule has 1 fully saturated rings. The van der Waals surface area contributed by atoms with E-state index in [0.29, 0.717) is 5.92 Å². The van der Waals surface area contributed by atoms with Gasteiger partial charge in [-0.25, -0.2) is 4.98 Å². The van der Waals surface area contributed by atoms with E-state index in [1.54, 1.807) is 0 Å². The second-order valence-electron chi connectivity index (χ2n) is 4.52. The molecule has 0 aliphatic heterocycles. The van der Waals surface area contributed by atoms with Crippen molar-refractivity contribution in [3.05, 3.63) is 30.4 Å². The van der Waals surface area contributed by atoms with E-state index in [-0.39, 0.29) is 0 Å². The highest BCUT2D eigenvalue weighted by atomic mass is 15.0. The second-order valence-corrected chi connectivity index (χ2v) is 4.52. The summed E-state index contributed by atoms with van der Waals surface area (Å²) < 4.78 is 2.24. The number of hydrogen-bond acceptors (Lipinski definition) is 2. The van der Waals surface area contributed by atoms with Gasteiger partial charge in [-0.15, -0.1) is 0 Å². The Morgan fingerprint density at radius 1 is 1.38 bits per heavy atom. The minimum atomic E-state index is 0.662. The fraction of sp³-hybridized carbons (Fsp3) is 0.462. The van der Waals surface area contributed by atoms with Gasteiger partial charge in [0, 0.05) is 19.2 Å². The molecule has 0 unspecified atom stereocenters. The van der Waals surface area contributed by atoms with Crippen LogP contribution in [0.15, 0.2) is 24.5 Å². The van der Waals surface area contributed by atoms with Crippen molar-refractivity contribution in [3.63, 3.8) is 0 Å². The molecule has 1 N–H and O–H groups in total. The number of nitrogens with one attached hydrogen (secondary N) is 1. The molecular formula is C13H17N3. The maximum absolute atomic E-state index is 4.61. The molecule has 0 spiro atoms. The minimum absolute atomic E-state index is 0.662. The number of anilines is 1. The quantitative estimate of drug-likeness (QED) is 0.834. The Hall–Kier alpha value is -1.51. The molecule has 3 rings (SSSR count). The summed E-state index contributed by atoms with van der Waals surface area (Å²) in [4.78, 5) is 4.61. The lowest BCUT2D eigenvalue weighted by Crippen LogP contribution is -2.00. The van der Waals surface area contributed by atoms with E-state index in [1.807, 2.05) is 13.2 Å². The van der Waals surface area contributed by atoms with E-state index in [2.05, 4.69) is 33.0 Å². The van der Waals surface area contributed by atoms with Crippen molar-refractivity contribution in [2.24, 2.45) is 0 Å². The molecule has 0 saturated heterocycles. The zero-order valence-corrected chi connectivity index (χ0v) is 9.61. The van der Waals surface area contributed by atoms with E-state index in [0.717, 1.165) is 5.69 Å². The van der Waals surface area contributed by atoms with Crippen LogP contribution in [0.4, 0.5) is 5.69 Å². The zero-order valence-electron chi connectivity index (χ0n) is 9.61. The first kappa shape index (κ1) is 9.70. The van der Waals surface area contributed by atoms with Gasteiger partial charge in [-0.1, -0.05) is 12.8 Å². The van der Waals surface area contributed by atoms with Gasteiger partial charge in [0.2, 0.25) is 0 Å². The number of rotatable bonds is 2. The van der Waals surface area contributed by atoms with Crippen LogP contribution < -0.4 is 5.32 Å². The number of fused-ring (bicyclic) bond motifs is 1. The van der Waals surface area contributed by atoms with Crippen LogP contribution in [-0.2, 0) is 0 Å². The van der Waals surface area contributed by atoms with E-state index < -0.39 is 0 Å². The smallest absolute Gasteiger partial charge is 0.116 e. The maximum Gasteiger partial charge on any atom is 0.116 e. The average Bonchev–Trinajstić information content (AvgIpc) is 2.96. The number of hydrogen-bond donors (Lipinski definition) is 1. The predicted molar refractivity (Wildman–Crippen MR) is 65.9 cm³/mol. The van der Waals surface area contributed by atoms with Gasteiger partial charge in [-0.3, -0.25) is 0 Å². The van der Waals surface area contributed by atoms with Crippen molar-refractivity contribution >= 4 is 11.2 Å². The first-order valence-electron chi connectivity index (χ1n) is 6.04. The molecule has 84 valence electrons. The van der Waals surface area contributed by atoms with Crippen LogP contribution in [0.3, 0.4) is 0 Å². The zero-order chi connectivity index (χ0) is 11.0. The predicted octanol–water partition coefficient (Wildman–Crippen LogP) is 3.03. The van der Waals surface area contributed by atoms with Crippen LogP contribution in [0.5, 0.6) is 0 Å². The van der Waals surface area contributed by atoms with Crippen molar-refractivity contribution in [1.82, 2.24) is 9.38 Å². The third kappa shape index (κ3) is 1.39. The minimum Gasteiger partial charge on any atom is -0.386 e. The van der Waals surface area contributed by atoms with Crippen LogP contribution in [0.2, 0.25) is 0 Å². The molecule has 16 heavy (non-hydrogen) atoms. The third-order valence-corrected chi connectivity index (χ3v) is 3.59. The van der Waals surface area contributed by atoms with Crippen LogP contribution in [-0.4, -0.2) is 16.4 Å². The Labute approximate surface area is 95.5 Å². The third-order valence-electron chi connectivity index (χ3n) is 3.59. The van der Waals surface area contributed by atoms with Gasteiger partial charge in [0.15, 0.2) is 0 Å². The Morgan fingerprint density at radius 2 is 2.19 bits per heavy atom. The van der Waals surface area contributed by atoms with Crippen LogP contribution >= 0.6 is 0 Å². The molecule has 1 aliphatic rings. The summed E-state index contributed by atoms with van der Waals surface area (Å²) in [6, 6.07) is 4.18. The van der Waals surface area contributed by atoms with Crippen molar-refractivity contribution in [3.8, 4) is 0 Å². The number of aromatic nitrogens is 2. The Morgan fingerprint density at radius 3 is 2.94 bits per heavy atom. The SMILES string of the molecule is CNc1cccn2c(C3CCCC3)ncc12. The number of imidazole rings is 1. The molecule has 2 aromatic rings. The highest BCUT2D eigenvalue weighted by Gasteiger charge is 2.21. The highest BCUT2D eigenvalue weighted by Crippen LogP contribution is 2.34. The van der Waals surface area contributed by atoms with Gasteiger partial charge in [0.1, 0.15) is 5.82 Å². The van der Waals surface area contributed by atoms with Crippen molar-refractivity contribution in [2.75, 3.05) is 12.4 Å². The lowest BCUT2D eigenvalue weighted by molar-refractivity contribution is 0.665. The van der Waals surface area contributed by atoms with Gasteiger partial charge in [-0.2, -0.15) is 0 Å². The summed E-state index contributed by atoms with van der Waals surface area (Å²) in [5, 5.41) is 3.21. The largest absolute Gasteiger partial charge is 0.386 e. The summed E-state index contributed by atoms with van der Waals surface area (Å²) in [6.07, 6.45) is 9.40. The van der Waals surface area contributed by atoms with Crippen molar-refractivity contribution < 1.29 is 0 Å². The van der Waals surface area contributed by atoms with Gasteiger partial charge >= 0.3 is 0 Å². The standard InChI is InChI=1S/C13H17N3/c1-14-11-7-4-8-16-12(11)9-15-13(16)10-5-2-3-6-10/h4,7-10,14H,2-3,5-6H2,1H3. The van der Waals surface area contributed by atoms with E-state index >= 15 is 0 Å².